The van der Waals surface area contributed by atoms with Crippen molar-refractivity contribution in [3.63, 3.8) is 0 Å². The Bertz CT molecular complexity index is 512. The van der Waals surface area contributed by atoms with E-state index in [1.165, 1.54) is 24.3 Å². The number of ether oxygens (including phenoxy) is 1. The van der Waals surface area contributed by atoms with E-state index in [0.717, 1.165) is 12.8 Å². The van der Waals surface area contributed by atoms with Gasteiger partial charge in [0.1, 0.15) is 12.4 Å². The van der Waals surface area contributed by atoms with Crippen LogP contribution in [0, 0.1) is 5.92 Å². The van der Waals surface area contributed by atoms with Crippen molar-refractivity contribution < 1.29 is 21.9 Å². The fourth-order valence-corrected chi connectivity index (χ4v) is 2.62. The Balaban J connectivity index is 1.95. The molecule has 106 valence electrons. The third-order valence-corrected chi connectivity index (χ3v) is 4.21. The molecule has 0 unspecified atom stereocenters. The van der Waals surface area contributed by atoms with Crippen LogP contribution in [0.5, 0.6) is 5.75 Å². The maximum atomic E-state index is 11.9. The average molecular weight is 291 g/mol. The number of sulfonamides is 1. The van der Waals surface area contributed by atoms with Gasteiger partial charge in [0.05, 0.1) is 4.90 Å². The normalized spacial score (nSPS) is 15.7. The first-order valence-corrected chi connectivity index (χ1v) is 7.46. The fourth-order valence-electron chi connectivity index (χ4n) is 1.51. The topological polar surface area (TPSA) is 55.4 Å². The van der Waals surface area contributed by atoms with E-state index >= 15 is 0 Å². The summed E-state index contributed by atoms with van der Waals surface area (Å²) >= 11 is 0. The Kier molecular flexibility index (Phi) is 4.36. The molecule has 1 saturated carbocycles. The zero-order chi connectivity index (χ0) is 13.9. The number of hydrogen-bond acceptors (Lipinski definition) is 3. The minimum atomic E-state index is -3.52. The first-order valence-electron chi connectivity index (χ1n) is 5.98. The van der Waals surface area contributed by atoms with Crippen LogP contribution in [0.15, 0.2) is 29.2 Å². The van der Waals surface area contributed by atoms with Gasteiger partial charge in [-0.3, -0.25) is 0 Å². The molecule has 0 radical (unpaired) electrons. The Morgan fingerprint density at radius 3 is 2.42 bits per heavy atom. The minimum absolute atomic E-state index is 0.109. The monoisotopic (exact) mass is 291 g/mol. The van der Waals surface area contributed by atoms with Gasteiger partial charge in [-0.1, -0.05) is 0 Å². The lowest BCUT2D eigenvalue weighted by Gasteiger charge is -2.08. The maximum absolute atomic E-state index is 11.9. The van der Waals surface area contributed by atoms with Crippen LogP contribution in [0.3, 0.4) is 0 Å². The molecule has 0 amide bonds. The molecule has 1 aromatic carbocycles. The molecule has 0 saturated heterocycles. The SMILES string of the molecule is O=S(=O)(NCC1CC1)c1ccc(OCC(F)F)cc1. The van der Waals surface area contributed by atoms with E-state index in [1.54, 1.807) is 0 Å². The number of nitrogens with one attached hydrogen (secondary N) is 1. The van der Waals surface area contributed by atoms with E-state index in [-0.39, 0.29) is 10.6 Å². The van der Waals surface area contributed by atoms with Crippen LogP contribution in [-0.2, 0) is 10.0 Å². The lowest BCUT2D eigenvalue weighted by atomic mass is 10.3. The highest BCUT2D eigenvalue weighted by atomic mass is 32.2. The van der Waals surface area contributed by atoms with Crippen LogP contribution in [0.4, 0.5) is 8.78 Å². The van der Waals surface area contributed by atoms with Crippen LogP contribution in [0.2, 0.25) is 0 Å². The number of hydrogen-bond donors (Lipinski definition) is 1. The van der Waals surface area contributed by atoms with Gasteiger partial charge in [-0.15, -0.1) is 0 Å². The second-order valence-electron chi connectivity index (χ2n) is 4.47. The van der Waals surface area contributed by atoms with Crippen LogP contribution in [-0.4, -0.2) is 28.0 Å². The van der Waals surface area contributed by atoms with Crippen molar-refractivity contribution in [2.45, 2.75) is 24.2 Å². The van der Waals surface area contributed by atoms with Crippen LogP contribution in [0.1, 0.15) is 12.8 Å². The number of rotatable bonds is 7. The number of alkyl halides is 2. The van der Waals surface area contributed by atoms with Gasteiger partial charge in [0.25, 0.3) is 6.43 Å². The highest BCUT2D eigenvalue weighted by molar-refractivity contribution is 7.89. The van der Waals surface area contributed by atoms with E-state index in [1.807, 2.05) is 0 Å². The molecule has 1 aliphatic rings. The first-order chi connectivity index (χ1) is 8.97. The van der Waals surface area contributed by atoms with Gasteiger partial charge in [0.2, 0.25) is 10.0 Å². The summed E-state index contributed by atoms with van der Waals surface area (Å²) in [5.74, 6) is 0.671. The van der Waals surface area contributed by atoms with Crippen molar-refractivity contribution in [1.82, 2.24) is 4.72 Å². The molecule has 1 aromatic rings. The Hall–Kier alpha value is -1.21. The minimum Gasteiger partial charge on any atom is -0.488 e. The zero-order valence-corrected chi connectivity index (χ0v) is 11.0. The molecule has 1 fully saturated rings. The number of benzene rings is 1. The summed E-state index contributed by atoms with van der Waals surface area (Å²) in [5.41, 5.74) is 0. The Labute approximate surface area is 110 Å². The molecule has 1 aliphatic carbocycles. The molecular weight excluding hydrogens is 276 g/mol. The van der Waals surface area contributed by atoms with Crippen molar-refractivity contribution in [1.29, 1.82) is 0 Å². The van der Waals surface area contributed by atoms with Crippen molar-refractivity contribution >= 4 is 10.0 Å². The van der Waals surface area contributed by atoms with E-state index in [2.05, 4.69) is 4.72 Å². The van der Waals surface area contributed by atoms with Gasteiger partial charge in [0.15, 0.2) is 0 Å². The molecule has 2 rings (SSSR count). The summed E-state index contributed by atoms with van der Waals surface area (Å²) in [6, 6.07) is 5.42. The molecule has 0 aliphatic heterocycles. The molecule has 0 heterocycles. The highest BCUT2D eigenvalue weighted by Crippen LogP contribution is 2.28. The van der Waals surface area contributed by atoms with Crippen molar-refractivity contribution in [2.75, 3.05) is 13.2 Å². The van der Waals surface area contributed by atoms with Crippen molar-refractivity contribution in [2.24, 2.45) is 5.92 Å². The van der Waals surface area contributed by atoms with Gasteiger partial charge < -0.3 is 4.74 Å². The lowest BCUT2D eigenvalue weighted by molar-refractivity contribution is 0.0819. The summed E-state index contributed by atoms with van der Waals surface area (Å²) in [6.45, 7) is -0.252. The molecule has 4 nitrogen and oxygen atoms in total. The van der Waals surface area contributed by atoms with Crippen LogP contribution < -0.4 is 9.46 Å². The smallest absolute Gasteiger partial charge is 0.272 e. The average Bonchev–Trinajstić information content (AvgIpc) is 3.18. The summed E-state index contributed by atoms with van der Waals surface area (Å²) in [5, 5.41) is 0. The predicted octanol–water partition coefficient (Wildman–Crippen LogP) is 2.02. The molecule has 0 spiro atoms. The summed E-state index contributed by atoms with van der Waals surface area (Å²) in [7, 11) is -3.52. The molecule has 19 heavy (non-hydrogen) atoms. The second-order valence-corrected chi connectivity index (χ2v) is 6.24. The maximum Gasteiger partial charge on any atom is 0.272 e. The van der Waals surface area contributed by atoms with Crippen LogP contribution in [0.25, 0.3) is 0 Å². The Morgan fingerprint density at radius 2 is 1.89 bits per heavy atom. The zero-order valence-electron chi connectivity index (χ0n) is 10.2. The summed E-state index contributed by atoms with van der Waals surface area (Å²) in [6.07, 6.45) is -0.435. The predicted molar refractivity (Wildman–Crippen MR) is 65.9 cm³/mol. The van der Waals surface area contributed by atoms with Gasteiger partial charge in [0, 0.05) is 6.54 Å². The van der Waals surface area contributed by atoms with Crippen molar-refractivity contribution in [3.05, 3.63) is 24.3 Å². The Morgan fingerprint density at radius 1 is 1.26 bits per heavy atom. The third kappa shape index (κ3) is 4.43. The molecule has 1 N–H and O–H groups in total. The van der Waals surface area contributed by atoms with Gasteiger partial charge in [-0.05, 0) is 43.0 Å². The summed E-state index contributed by atoms with van der Waals surface area (Å²) in [4.78, 5) is 0.109. The fraction of sp³-hybridized carbons (Fsp3) is 0.500. The first kappa shape index (κ1) is 14.2. The van der Waals surface area contributed by atoms with E-state index in [4.69, 9.17) is 4.74 Å². The molecule has 0 aromatic heterocycles. The third-order valence-electron chi connectivity index (χ3n) is 2.77. The molecule has 0 bridgehead atoms. The summed E-state index contributed by atoms with van der Waals surface area (Å²) < 4.78 is 54.9. The van der Waals surface area contributed by atoms with E-state index < -0.39 is 23.1 Å². The standard InChI is InChI=1S/C12H15F2NO3S/c13-12(14)8-18-10-3-5-11(6-4-10)19(16,17)15-7-9-1-2-9/h3-6,9,12,15H,1-2,7-8H2. The number of halogens is 2. The molecule has 7 heteroatoms. The molecular formula is C12H15F2NO3S. The van der Waals surface area contributed by atoms with E-state index in [0.29, 0.717) is 12.5 Å². The van der Waals surface area contributed by atoms with Gasteiger partial charge in [-0.2, -0.15) is 0 Å². The highest BCUT2D eigenvalue weighted by Gasteiger charge is 2.24. The van der Waals surface area contributed by atoms with E-state index in [9.17, 15) is 17.2 Å². The molecule has 0 atom stereocenters. The van der Waals surface area contributed by atoms with Crippen molar-refractivity contribution in [3.8, 4) is 5.75 Å². The second kappa shape index (κ2) is 5.83. The lowest BCUT2D eigenvalue weighted by Crippen LogP contribution is -2.25. The van der Waals surface area contributed by atoms with Gasteiger partial charge >= 0.3 is 0 Å². The quantitative estimate of drug-likeness (QED) is 0.836. The largest absolute Gasteiger partial charge is 0.488 e. The van der Waals surface area contributed by atoms with Crippen LogP contribution >= 0.6 is 0 Å². The van der Waals surface area contributed by atoms with Gasteiger partial charge in [-0.25, -0.2) is 21.9 Å².